The Morgan fingerprint density at radius 3 is 2.77 bits per heavy atom. The van der Waals surface area contributed by atoms with Gasteiger partial charge in [0.2, 0.25) is 0 Å². The summed E-state index contributed by atoms with van der Waals surface area (Å²) in [5.74, 6) is -0.928. The van der Waals surface area contributed by atoms with Gasteiger partial charge in [0.15, 0.2) is 0 Å². The summed E-state index contributed by atoms with van der Waals surface area (Å²) in [7, 11) is 1.93. The molecule has 3 rings (SSSR count). The van der Waals surface area contributed by atoms with Gasteiger partial charge >= 0.3 is 5.97 Å². The molecule has 0 amide bonds. The molecular formula is C17H15N3O2. The molecule has 0 spiro atoms. The number of aliphatic imine (C=N–C) groups is 1. The van der Waals surface area contributed by atoms with Crippen LogP contribution in [-0.4, -0.2) is 29.8 Å². The average molecular weight is 293 g/mol. The zero-order valence-corrected chi connectivity index (χ0v) is 12.1. The van der Waals surface area contributed by atoms with E-state index in [1.165, 1.54) is 0 Å². The molecule has 1 heterocycles. The molecule has 5 heteroatoms. The summed E-state index contributed by atoms with van der Waals surface area (Å²) < 4.78 is 0. The molecule has 0 atom stereocenters. The SMILES string of the molecule is C=N/C=C\N(C)c1ccc2[nH]c3cc(C(=O)O)ccc3c2c1. The smallest absolute Gasteiger partial charge is 0.335 e. The van der Waals surface area contributed by atoms with Gasteiger partial charge in [-0.3, -0.25) is 4.99 Å². The molecule has 110 valence electrons. The van der Waals surface area contributed by atoms with E-state index in [4.69, 9.17) is 5.11 Å². The number of aromatic amines is 1. The molecule has 2 N–H and O–H groups in total. The summed E-state index contributed by atoms with van der Waals surface area (Å²) in [6, 6.07) is 11.1. The number of hydrogen-bond donors (Lipinski definition) is 2. The molecule has 0 saturated carbocycles. The molecule has 0 aliphatic heterocycles. The molecule has 0 unspecified atom stereocenters. The van der Waals surface area contributed by atoms with Crippen molar-refractivity contribution in [2.75, 3.05) is 11.9 Å². The van der Waals surface area contributed by atoms with Crippen molar-refractivity contribution in [1.82, 2.24) is 4.98 Å². The largest absolute Gasteiger partial charge is 0.478 e. The van der Waals surface area contributed by atoms with Crippen LogP contribution in [-0.2, 0) is 0 Å². The van der Waals surface area contributed by atoms with Crippen LogP contribution in [0, 0.1) is 0 Å². The zero-order chi connectivity index (χ0) is 15.7. The summed E-state index contributed by atoms with van der Waals surface area (Å²) >= 11 is 0. The molecule has 2 aromatic carbocycles. The van der Waals surface area contributed by atoms with Crippen LogP contribution >= 0.6 is 0 Å². The Labute approximate surface area is 127 Å². The fourth-order valence-corrected chi connectivity index (χ4v) is 2.48. The second-order valence-electron chi connectivity index (χ2n) is 5.01. The molecule has 0 bridgehead atoms. The number of aromatic carboxylic acids is 1. The Morgan fingerprint density at radius 1 is 1.23 bits per heavy atom. The summed E-state index contributed by atoms with van der Waals surface area (Å²) in [4.78, 5) is 20.0. The number of carbonyl (C=O) groups is 1. The minimum absolute atomic E-state index is 0.274. The Balaban J connectivity index is 2.15. The number of nitrogens with one attached hydrogen (secondary N) is 1. The van der Waals surface area contributed by atoms with Crippen molar-refractivity contribution in [3.8, 4) is 0 Å². The number of fused-ring (bicyclic) bond motifs is 3. The standard InChI is InChI=1S/C17H15N3O2/c1-18-7-8-20(2)12-4-6-15-14(10-12)13-5-3-11(17(21)22)9-16(13)19-15/h3-10,19H,1H2,2H3,(H,21,22)/b8-7-. The predicted octanol–water partition coefficient (Wildman–Crippen LogP) is 3.63. The number of rotatable bonds is 4. The van der Waals surface area contributed by atoms with E-state index in [0.29, 0.717) is 0 Å². The van der Waals surface area contributed by atoms with E-state index in [9.17, 15) is 4.79 Å². The van der Waals surface area contributed by atoms with Gasteiger partial charge in [0.25, 0.3) is 0 Å². The minimum atomic E-state index is -0.928. The molecular weight excluding hydrogens is 278 g/mol. The Bertz CT molecular complexity index is 909. The topological polar surface area (TPSA) is 68.7 Å². The highest BCUT2D eigenvalue weighted by Gasteiger charge is 2.09. The first-order chi connectivity index (χ1) is 10.6. The first-order valence-electron chi connectivity index (χ1n) is 6.74. The summed E-state index contributed by atoms with van der Waals surface area (Å²) in [5, 5.41) is 11.1. The second kappa shape index (κ2) is 5.37. The molecule has 0 fully saturated rings. The summed E-state index contributed by atoms with van der Waals surface area (Å²) in [5.41, 5.74) is 3.07. The van der Waals surface area contributed by atoms with Gasteiger partial charge in [0, 0.05) is 46.9 Å². The third kappa shape index (κ3) is 2.33. The molecule has 5 nitrogen and oxygen atoms in total. The lowest BCUT2D eigenvalue weighted by Gasteiger charge is -2.13. The van der Waals surface area contributed by atoms with Crippen LogP contribution < -0.4 is 4.90 Å². The van der Waals surface area contributed by atoms with E-state index in [1.54, 1.807) is 18.3 Å². The highest BCUT2D eigenvalue weighted by atomic mass is 16.4. The summed E-state index contributed by atoms with van der Waals surface area (Å²) in [6.45, 7) is 3.41. The Hall–Kier alpha value is -3.08. The third-order valence-electron chi connectivity index (χ3n) is 3.63. The fourth-order valence-electron chi connectivity index (χ4n) is 2.48. The van der Waals surface area contributed by atoms with Crippen LogP contribution in [0.15, 0.2) is 53.8 Å². The van der Waals surface area contributed by atoms with Crippen molar-refractivity contribution in [3.63, 3.8) is 0 Å². The monoisotopic (exact) mass is 293 g/mol. The molecule has 0 aliphatic rings. The zero-order valence-electron chi connectivity index (χ0n) is 12.1. The lowest BCUT2D eigenvalue weighted by Crippen LogP contribution is -2.06. The maximum Gasteiger partial charge on any atom is 0.335 e. The molecule has 22 heavy (non-hydrogen) atoms. The van der Waals surface area contributed by atoms with Crippen LogP contribution in [0.2, 0.25) is 0 Å². The van der Waals surface area contributed by atoms with Gasteiger partial charge in [-0.25, -0.2) is 4.79 Å². The number of aromatic nitrogens is 1. The number of H-pyrrole nitrogens is 1. The number of benzene rings is 2. The van der Waals surface area contributed by atoms with E-state index in [-0.39, 0.29) is 5.56 Å². The Kier molecular flexibility index (Phi) is 3.39. The quantitative estimate of drug-likeness (QED) is 0.722. The van der Waals surface area contributed by atoms with Crippen LogP contribution in [0.3, 0.4) is 0 Å². The van der Waals surface area contributed by atoms with E-state index < -0.39 is 5.97 Å². The maximum absolute atomic E-state index is 11.1. The lowest BCUT2D eigenvalue weighted by atomic mass is 10.1. The van der Waals surface area contributed by atoms with Gasteiger partial charge < -0.3 is 15.0 Å². The normalized spacial score (nSPS) is 11.3. The van der Waals surface area contributed by atoms with Crippen molar-refractivity contribution in [3.05, 3.63) is 54.4 Å². The van der Waals surface area contributed by atoms with Crippen LogP contribution in [0.4, 0.5) is 5.69 Å². The highest BCUT2D eigenvalue weighted by molar-refractivity contribution is 6.09. The molecule has 0 saturated heterocycles. The van der Waals surface area contributed by atoms with Crippen molar-refractivity contribution < 1.29 is 9.90 Å². The van der Waals surface area contributed by atoms with Crippen molar-refractivity contribution >= 4 is 40.2 Å². The van der Waals surface area contributed by atoms with Crippen LogP contribution in [0.25, 0.3) is 21.8 Å². The van der Waals surface area contributed by atoms with Gasteiger partial charge in [0.05, 0.1) is 5.56 Å². The van der Waals surface area contributed by atoms with Crippen LogP contribution in [0.5, 0.6) is 0 Å². The highest BCUT2D eigenvalue weighted by Crippen LogP contribution is 2.29. The number of carboxylic acid groups (broad SMARTS) is 1. The van der Waals surface area contributed by atoms with Crippen molar-refractivity contribution in [2.45, 2.75) is 0 Å². The Morgan fingerprint density at radius 2 is 2.05 bits per heavy atom. The van der Waals surface area contributed by atoms with Crippen LogP contribution in [0.1, 0.15) is 10.4 Å². The number of hydrogen-bond acceptors (Lipinski definition) is 3. The number of anilines is 1. The molecule has 1 aromatic heterocycles. The first kappa shape index (κ1) is 13.9. The van der Waals surface area contributed by atoms with E-state index in [2.05, 4.69) is 22.8 Å². The number of carboxylic acids is 1. The van der Waals surface area contributed by atoms with Gasteiger partial charge in [0.1, 0.15) is 0 Å². The molecule has 0 radical (unpaired) electrons. The van der Waals surface area contributed by atoms with Gasteiger partial charge in [-0.15, -0.1) is 0 Å². The van der Waals surface area contributed by atoms with E-state index in [1.807, 2.05) is 36.3 Å². The summed E-state index contributed by atoms with van der Waals surface area (Å²) in [6.07, 6.45) is 3.45. The van der Waals surface area contributed by atoms with Gasteiger partial charge in [-0.05, 0) is 37.0 Å². The molecule has 0 aliphatic carbocycles. The maximum atomic E-state index is 11.1. The number of nitrogens with zero attached hydrogens (tertiary/aromatic N) is 2. The van der Waals surface area contributed by atoms with Gasteiger partial charge in [-0.2, -0.15) is 0 Å². The van der Waals surface area contributed by atoms with Crippen molar-refractivity contribution in [2.24, 2.45) is 4.99 Å². The average Bonchev–Trinajstić information content (AvgIpc) is 2.89. The van der Waals surface area contributed by atoms with Crippen molar-refractivity contribution in [1.29, 1.82) is 0 Å². The fraction of sp³-hybridized carbons (Fsp3) is 0.0588. The van der Waals surface area contributed by atoms with E-state index >= 15 is 0 Å². The predicted molar refractivity (Wildman–Crippen MR) is 89.9 cm³/mol. The third-order valence-corrected chi connectivity index (χ3v) is 3.63. The molecule has 3 aromatic rings. The first-order valence-corrected chi connectivity index (χ1v) is 6.74. The van der Waals surface area contributed by atoms with Gasteiger partial charge in [-0.1, -0.05) is 6.07 Å². The van der Waals surface area contributed by atoms with E-state index in [0.717, 1.165) is 27.5 Å². The lowest BCUT2D eigenvalue weighted by molar-refractivity contribution is 0.0697. The minimum Gasteiger partial charge on any atom is -0.478 e. The second-order valence-corrected chi connectivity index (χ2v) is 5.01.